The lowest BCUT2D eigenvalue weighted by molar-refractivity contribution is -0.348. The molecule has 2 rings (SSSR count). The van der Waals surface area contributed by atoms with E-state index in [4.69, 9.17) is 0 Å². The van der Waals surface area contributed by atoms with Gasteiger partial charge in [0.05, 0.1) is 16.6 Å². The SMILES string of the molecule is O=S(Cc1ccc(C(F)(C(F)(F)F)C(F)(F)F)cc1)c1cccc(Br)c1. The summed E-state index contributed by atoms with van der Waals surface area (Å²) in [4.78, 5) is 0.425. The van der Waals surface area contributed by atoms with Crippen molar-refractivity contribution >= 4 is 26.7 Å². The van der Waals surface area contributed by atoms with Crippen LogP contribution < -0.4 is 0 Å². The molecule has 0 aliphatic rings. The summed E-state index contributed by atoms with van der Waals surface area (Å²) in [5.41, 5.74) is -6.84. The Morgan fingerprint density at radius 2 is 1.38 bits per heavy atom. The third-order valence-corrected chi connectivity index (χ3v) is 5.36. The molecule has 0 aliphatic heterocycles. The van der Waals surface area contributed by atoms with Crippen molar-refractivity contribution in [3.8, 4) is 0 Å². The van der Waals surface area contributed by atoms with Gasteiger partial charge in [0, 0.05) is 14.9 Å². The Kier molecular flexibility index (Phi) is 5.86. The number of benzene rings is 2. The van der Waals surface area contributed by atoms with Gasteiger partial charge in [0.25, 0.3) is 0 Å². The third-order valence-electron chi connectivity index (χ3n) is 3.49. The van der Waals surface area contributed by atoms with Crippen LogP contribution in [0.25, 0.3) is 0 Å². The zero-order valence-corrected chi connectivity index (χ0v) is 15.1. The van der Waals surface area contributed by atoms with Crippen molar-refractivity contribution in [2.75, 3.05) is 0 Å². The Balaban J connectivity index is 2.29. The van der Waals surface area contributed by atoms with Crippen LogP contribution in [0.15, 0.2) is 57.9 Å². The average molecular weight is 463 g/mol. The second-order valence-electron chi connectivity index (χ2n) is 5.30. The average Bonchev–Trinajstić information content (AvgIpc) is 2.52. The quantitative estimate of drug-likeness (QED) is 0.505. The predicted molar refractivity (Wildman–Crippen MR) is 85.6 cm³/mol. The standard InChI is InChI=1S/C16H10BrF7OS/c17-12-2-1-3-13(8-12)26(25)9-10-4-6-11(7-5-10)14(18,15(19,20)21)16(22,23)24/h1-8H,9H2. The number of hydrogen-bond acceptors (Lipinski definition) is 1. The van der Waals surface area contributed by atoms with Gasteiger partial charge in [-0.25, -0.2) is 4.39 Å². The highest BCUT2D eigenvalue weighted by Gasteiger charge is 2.73. The van der Waals surface area contributed by atoms with E-state index in [1.165, 1.54) is 0 Å². The van der Waals surface area contributed by atoms with E-state index >= 15 is 0 Å². The van der Waals surface area contributed by atoms with Crippen LogP contribution in [0.5, 0.6) is 0 Å². The van der Waals surface area contributed by atoms with E-state index < -0.39 is 34.4 Å². The molecule has 0 spiro atoms. The Morgan fingerprint density at radius 3 is 1.85 bits per heavy atom. The first-order valence-electron chi connectivity index (χ1n) is 6.92. The molecule has 2 aromatic rings. The summed E-state index contributed by atoms with van der Waals surface area (Å²) in [7, 11) is -1.57. The molecule has 0 saturated carbocycles. The monoisotopic (exact) mass is 462 g/mol. The molecule has 0 heterocycles. The largest absolute Gasteiger partial charge is 0.435 e. The minimum absolute atomic E-state index is 0.145. The molecule has 2 aromatic carbocycles. The molecule has 0 aliphatic carbocycles. The molecular formula is C16H10BrF7OS. The van der Waals surface area contributed by atoms with Crippen LogP contribution in [0, 0.1) is 0 Å². The van der Waals surface area contributed by atoms with Gasteiger partial charge in [-0.05, 0) is 23.8 Å². The van der Waals surface area contributed by atoms with E-state index in [-0.39, 0.29) is 11.3 Å². The van der Waals surface area contributed by atoms with Crippen LogP contribution in [0.1, 0.15) is 11.1 Å². The van der Waals surface area contributed by atoms with Crippen molar-refractivity contribution in [2.45, 2.75) is 28.7 Å². The molecule has 0 saturated heterocycles. The van der Waals surface area contributed by atoms with Crippen molar-refractivity contribution < 1.29 is 34.9 Å². The fraction of sp³-hybridized carbons (Fsp3) is 0.250. The highest BCUT2D eigenvalue weighted by atomic mass is 79.9. The van der Waals surface area contributed by atoms with Crippen LogP contribution in [-0.2, 0) is 22.2 Å². The smallest absolute Gasteiger partial charge is 0.254 e. The Labute approximate surface area is 154 Å². The maximum absolute atomic E-state index is 13.9. The molecule has 0 N–H and O–H groups in total. The van der Waals surface area contributed by atoms with Gasteiger partial charge in [-0.2, -0.15) is 26.3 Å². The molecule has 1 unspecified atom stereocenters. The lowest BCUT2D eigenvalue weighted by atomic mass is 9.93. The molecule has 0 fully saturated rings. The summed E-state index contributed by atoms with van der Waals surface area (Å²) in [5.74, 6) is -0.145. The second kappa shape index (κ2) is 7.30. The van der Waals surface area contributed by atoms with Crippen LogP contribution in [0.2, 0.25) is 0 Å². The first-order valence-corrected chi connectivity index (χ1v) is 9.03. The lowest BCUT2D eigenvalue weighted by Crippen LogP contribution is -2.50. The summed E-state index contributed by atoms with van der Waals surface area (Å²) in [5, 5.41) is 0. The van der Waals surface area contributed by atoms with Crippen molar-refractivity contribution in [1.29, 1.82) is 0 Å². The third kappa shape index (κ3) is 4.11. The first-order chi connectivity index (χ1) is 11.9. The van der Waals surface area contributed by atoms with Gasteiger partial charge >= 0.3 is 18.0 Å². The summed E-state index contributed by atoms with van der Waals surface area (Å²) < 4.78 is 103. The van der Waals surface area contributed by atoms with Gasteiger partial charge in [0.15, 0.2) is 0 Å². The normalized spacial score (nSPS) is 14.3. The van der Waals surface area contributed by atoms with Crippen LogP contribution >= 0.6 is 15.9 Å². The maximum Gasteiger partial charge on any atom is 0.435 e. The molecule has 1 atom stereocenters. The van der Waals surface area contributed by atoms with E-state index in [9.17, 15) is 34.9 Å². The molecular weight excluding hydrogens is 453 g/mol. The number of hydrogen-bond donors (Lipinski definition) is 0. The van der Waals surface area contributed by atoms with Crippen LogP contribution in [0.3, 0.4) is 0 Å². The number of alkyl halides is 7. The molecule has 0 amide bonds. The predicted octanol–water partition coefficient (Wildman–Crippen LogP) is 6.05. The van der Waals surface area contributed by atoms with E-state index in [0.29, 0.717) is 21.5 Å². The minimum Gasteiger partial charge on any atom is -0.254 e. The highest BCUT2D eigenvalue weighted by molar-refractivity contribution is 9.10. The van der Waals surface area contributed by atoms with Gasteiger partial charge in [0.2, 0.25) is 0 Å². The highest BCUT2D eigenvalue weighted by Crippen LogP contribution is 2.53. The van der Waals surface area contributed by atoms with Crippen molar-refractivity contribution in [3.63, 3.8) is 0 Å². The fourth-order valence-electron chi connectivity index (χ4n) is 2.16. The summed E-state index contributed by atoms with van der Waals surface area (Å²) >= 11 is 3.20. The molecule has 0 bridgehead atoms. The van der Waals surface area contributed by atoms with Crippen molar-refractivity contribution in [3.05, 3.63) is 64.1 Å². The summed E-state index contributed by atoms with van der Waals surface area (Å²) in [6, 6.07) is 9.09. The number of halogens is 8. The van der Waals surface area contributed by atoms with Crippen LogP contribution in [-0.4, -0.2) is 16.6 Å². The molecule has 26 heavy (non-hydrogen) atoms. The zero-order valence-electron chi connectivity index (χ0n) is 12.7. The van der Waals surface area contributed by atoms with Crippen molar-refractivity contribution in [1.82, 2.24) is 0 Å². The zero-order chi connectivity index (χ0) is 19.8. The molecule has 0 aromatic heterocycles. The van der Waals surface area contributed by atoms with Crippen LogP contribution in [0.4, 0.5) is 30.7 Å². The summed E-state index contributed by atoms with van der Waals surface area (Å²) in [6.45, 7) is 0. The molecule has 1 nitrogen and oxygen atoms in total. The lowest BCUT2D eigenvalue weighted by Gasteiger charge is -2.30. The Morgan fingerprint density at radius 1 is 0.846 bits per heavy atom. The van der Waals surface area contributed by atoms with E-state index in [1.54, 1.807) is 24.3 Å². The maximum atomic E-state index is 13.9. The Bertz CT molecular complexity index is 785. The van der Waals surface area contributed by atoms with E-state index in [0.717, 1.165) is 12.1 Å². The van der Waals surface area contributed by atoms with Gasteiger partial charge in [-0.1, -0.05) is 46.3 Å². The minimum atomic E-state index is -6.16. The van der Waals surface area contributed by atoms with Gasteiger partial charge in [0.1, 0.15) is 0 Å². The van der Waals surface area contributed by atoms with Gasteiger partial charge in [-0.15, -0.1) is 0 Å². The topological polar surface area (TPSA) is 17.1 Å². The van der Waals surface area contributed by atoms with Gasteiger partial charge in [-0.3, -0.25) is 4.21 Å². The van der Waals surface area contributed by atoms with Gasteiger partial charge < -0.3 is 0 Å². The number of rotatable bonds is 4. The first kappa shape index (κ1) is 20.9. The molecule has 0 radical (unpaired) electrons. The van der Waals surface area contributed by atoms with E-state index in [2.05, 4.69) is 15.9 Å². The van der Waals surface area contributed by atoms with E-state index in [1.807, 2.05) is 0 Å². The summed E-state index contributed by atoms with van der Waals surface area (Å²) in [6.07, 6.45) is -12.3. The second-order valence-corrected chi connectivity index (χ2v) is 7.66. The fourth-order valence-corrected chi connectivity index (χ4v) is 3.86. The molecule has 10 heteroatoms. The Hall–Kier alpha value is -1.42. The van der Waals surface area contributed by atoms with Crippen molar-refractivity contribution in [2.24, 2.45) is 0 Å². The molecule has 142 valence electrons.